The van der Waals surface area contributed by atoms with Crippen molar-refractivity contribution in [3.63, 3.8) is 0 Å². The lowest BCUT2D eigenvalue weighted by atomic mass is 9.84. The first-order valence-electron chi connectivity index (χ1n) is 7.42. The Morgan fingerprint density at radius 2 is 2.05 bits per heavy atom. The molecule has 1 fully saturated rings. The molecule has 3 N–H and O–H groups in total. The van der Waals surface area contributed by atoms with E-state index < -0.39 is 0 Å². The molecular formula is C15H31N3O. The fourth-order valence-electron chi connectivity index (χ4n) is 3.00. The van der Waals surface area contributed by atoms with Crippen molar-refractivity contribution >= 4 is 5.91 Å². The van der Waals surface area contributed by atoms with Crippen LogP contribution >= 0.6 is 0 Å². The van der Waals surface area contributed by atoms with Crippen molar-refractivity contribution in [3.8, 4) is 0 Å². The molecule has 0 spiro atoms. The SMILES string of the molecule is CC(NC(=O)C[C@@H]1CCC[C@H]1N)C(C)(C)CN(C)C. The van der Waals surface area contributed by atoms with Gasteiger partial charge in [-0.15, -0.1) is 0 Å². The van der Waals surface area contributed by atoms with Gasteiger partial charge in [0.2, 0.25) is 5.91 Å². The molecule has 1 amide bonds. The van der Waals surface area contributed by atoms with Crippen LogP contribution in [0.2, 0.25) is 0 Å². The molecule has 1 rings (SSSR count). The molecule has 0 saturated heterocycles. The van der Waals surface area contributed by atoms with Crippen LogP contribution in [0, 0.1) is 11.3 Å². The third-order valence-corrected chi connectivity index (χ3v) is 4.44. The van der Waals surface area contributed by atoms with Crippen LogP contribution < -0.4 is 11.1 Å². The van der Waals surface area contributed by atoms with E-state index in [1.54, 1.807) is 0 Å². The van der Waals surface area contributed by atoms with Crippen LogP contribution in [0.5, 0.6) is 0 Å². The van der Waals surface area contributed by atoms with Gasteiger partial charge >= 0.3 is 0 Å². The number of rotatable bonds is 6. The van der Waals surface area contributed by atoms with E-state index in [4.69, 9.17) is 5.73 Å². The lowest BCUT2D eigenvalue weighted by molar-refractivity contribution is -0.123. The Morgan fingerprint density at radius 1 is 1.42 bits per heavy atom. The summed E-state index contributed by atoms with van der Waals surface area (Å²) < 4.78 is 0. The molecule has 0 aromatic rings. The maximum absolute atomic E-state index is 12.1. The van der Waals surface area contributed by atoms with E-state index in [-0.39, 0.29) is 23.4 Å². The molecule has 112 valence electrons. The fraction of sp³-hybridized carbons (Fsp3) is 0.933. The molecular weight excluding hydrogens is 238 g/mol. The van der Waals surface area contributed by atoms with E-state index in [2.05, 4.69) is 45.1 Å². The smallest absolute Gasteiger partial charge is 0.220 e. The molecule has 3 atom stereocenters. The van der Waals surface area contributed by atoms with Crippen LogP contribution in [-0.2, 0) is 4.79 Å². The van der Waals surface area contributed by atoms with Gasteiger partial charge in [-0.1, -0.05) is 20.3 Å². The predicted octanol–water partition coefficient (Wildman–Crippen LogP) is 1.60. The van der Waals surface area contributed by atoms with Crippen LogP contribution in [0.15, 0.2) is 0 Å². The molecule has 0 aliphatic heterocycles. The number of carbonyl (C=O) groups excluding carboxylic acids is 1. The second-order valence-corrected chi connectivity index (χ2v) is 7.07. The minimum absolute atomic E-state index is 0.0664. The Balaban J connectivity index is 2.42. The van der Waals surface area contributed by atoms with Crippen molar-refractivity contribution in [3.05, 3.63) is 0 Å². The highest BCUT2D eigenvalue weighted by Gasteiger charge is 2.30. The Kier molecular flexibility index (Phi) is 5.81. The van der Waals surface area contributed by atoms with Crippen LogP contribution in [0.4, 0.5) is 0 Å². The quantitative estimate of drug-likeness (QED) is 0.770. The topological polar surface area (TPSA) is 58.4 Å². The molecule has 0 bridgehead atoms. The van der Waals surface area contributed by atoms with Crippen molar-refractivity contribution in [2.24, 2.45) is 17.1 Å². The van der Waals surface area contributed by atoms with E-state index in [9.17, 15) is 4.79 Å². The predicted molar refractivity (Wildman–Crippen MR) is 79.9 cm³/mol. The summed E-state index contributed by atoms with van der Waals surface area (Å²) in [6.45, 7) is 7.44. The molecule has 19 heavy (non-hydrogen) atoms. The first-order valence-corrected chi connectivity index (χ1v) is 7.42. The van der Waals surface area contributed by atoms with Gasteiger partial charge in [-0.25, -0.2) is 0 Å². The van der Waals surface area contributed by atoms with Crippen molar-refractivity contribution in [2.75, 3.05) is 20.6 Å². The molecule has 4 heteroatoms. The van der Waals surface area contributed by atoms with Gasteiger partial charge in [-0.3, -0.25) is 4.79 Å². The van der Waals surface area contributed by atoms with Crippen LogP contribution in [0.1, 0.15) is 46.5 Å². The summed E-state index contributed by atoms with van der Waals surface area (Å²) in [6, 6.07) is 0.385. The Labute approximate surface area is 118 Å². The largest absolute Gasteiger partial charge is 0.353 e. The van der Waals surface area contributed by atoms with Crippen LogP contribution in [0.3, 0.4) is 0 Å². The number of nitrogens with two attached hydrogens (primary N) is 1. The van der Waals surface area contributed by atoms with E-state index >= 15 is 0 Å². The van der Waals surface area contributed by atoms with Gasteiger partial charge in [0, 0.05) is 25.0 Å². The summed E-state index contributed by atoms with van der Waals surface area (Å²) in [7, 11) is 4.13. The average Bonchev–Trinajstić information content (AvgIpc) is 2.62. The van der Waals surface area contributed by atoms with Gasteiger partial charge in [-0.2, -0.15) is 0 Å². The lowest BCUT2D eigenvalue weighted by Crippen LogP contribution is -2.48. The van der Waals surface area contributed by atoms with Gasteiger partial charge in [0.05, 0.1) is 0 Å². The normalized spacial score (nSPS) is 25.6. The Bertz CT molecular complexity index is 302. The lowest BCUT2D eigenvalue weighted by Gasteiger charge is -2.35. The number of nitrogens with zero attached hydrogens (tertiary/aromatic N) is 1. The maximum Gasteiger partial charge on any atom is 0.220 e. The summed E-state index contributed by atoms with van der Waals surface area (Å²) in [6.07, 6.45) is 3.92. The Hall–Kier alpha value is -0.610. The molecule has 1 aliphatic carbocycles. The third-order valence-electron chi connectivity index (χ3n) is 4.44. The van der Waals surface area contributed by atoms with E-state index in [0.717, 1.165) is 19.4 Å². The molecule has 0 radical (unpaired) electrons. The summed E-state index contributed by atoms with van der Waals surface area (Å²) in [4.78, 5) is 14.3. The zero-order chi connectivity index (χ0) is 14.6. The third kappa shape index (κ3) is 5.11. The fourth-order valence-corrected chi connectivity index (χ4v) is 3.00. The highest BCUT2D eigenvalue weighted by Crippen LogP contribution is 2.27. The standard InChI is InChI=1S/C15H31N3O/c1-11(15(2,3)10-18(4)5)17-14(19)9-12-7-6-8-13(12)16/h11-13H,6-10,16H2,1-5H3,(H,17,19)/t11?,12-,13+/m0/s1. The monoisotopic (exact) mass is 269 g/mol. The minimum atomic E-state index is 0.0664. The summed E-state index contributed by atoms with van der Waals surface area (Å²) in [5, 5.41) is 3.15. The Morgan fingerprint density at radius 3 is 2.53 bits per heavy atom. The molecule has 1 unspecified atom stereocenters. The second-order valence-electron chi connectivity index (χ2n) is 7.07. The van der Waals surface area contributed by atoms with E-state index in [1.165, 1.54) is 6.42 Å². The van der Waals surface area contributed by atoms with Crippen molar-refractivity contribution in [2.45, 2.75) is 58.5 Å². The zero-order valence-electron chi connectivity index (χ0n) is 13.2. The van der Waals surface area contributed by atoms with Gasteiger partial charge < -0.3 is 16.0 Å². The van der Waals surface area contributed by atoms with E-state index in [0.29, 0.717) is 12.3 Å². The molecule has 1 saturated carbocycles. The van der Waals surface area contributed by atoms with Crippen molar-refractivity contribution in [1.82, 2.24) is 10.2 Å². The summed E-state index contributed by atoms with van der Waals surface area (Å²) in [5.74, 6) is 0.533. The number of carbonyl (C=O) groups is 1. The number of hydrogen-bond acceptors (Lipinski definition) is 3. The van der Waals surface area contributed by atoms with Gasteiger partial charge in [0.15, 0.2) is 0 Å². The number of amides is 1. The first kappa shape index (κ1) is 16.4. The van der Waals surface area contributed by atoms with Gasteiger partial charge in [-0.05, 0) is 45.2 Å². The zero-order valence-corrected chi connectivity index (χ0v) is 13.2. The minimum Gasteiger partial charge on any atom is -0.353 e. The molecule has 0 aromatic heterocycles. The maximum atomic E-state index is 12.1. The average molecular weight is 269 g/mol. The molecule has 0 heterocycles. The highest BCUT2D eigenvalue weighted by molar-refractivity contribution is 5.76. The van der Waals surface area contributed by atoms with Crippen molar-refractivity contribution < 1.29 is 4.79 Å². The summed E-state index contributed by atoms with van der Waals surface area (Å²) in [5.41, 5.74) is 6.09. The first-order chi connectivity index (χ1) is 8.72. The summed E-state index contributed by atoms with van der Waals surface area (Å²) >= 11 is 0. The van der Waals surface area contributed by atoms with Gasteiger partial charge in [0.25, 0.3) is 0 Å². The highest BCUT2D eigenvalue weighted by atomic mass is 16.1. The van der Waals surface area contributed by atoms with E-state index in [1.807, 2.05) is 0 Å². The van der Waals surface area contributed by atoms with Gasteiger partial charge in [0.1, 0.15) is 0 Å². The second kappa shape index (κ2) is 6.71. The van der Waals surface area contributed by atoms with Crippen molar-refractivity contribution in [1.29, 1.82) is 0 Å². The van der Waals surface area contributed by atoms with Crippen LogP contribution in [0.25, 0.3) is 0 Å². The molecule has 0 aromatic carbocycles. The molecule has 4 nitrogen and oxygen atoms in total. The number of hydrogen-bond donors (Lipinski definition) is 2. The number of nitrogens with one attached hydrogen (secondary N) is 1. The van der Waals surface area contributed by atoms with Crippen LogP contribution in [-0.4, -0.2) is 43.5 Å². The molecule has 1 aliphatic rings.